The molecule has 6 nitrogen and oxygen atoms in total. The van der Waals surface area contributed by atoms with Gasteiger partial charge in [0.05, 0.1) is 12.4 Å². The lowest BCUT2D eigenvalue weighted by Crippen LogP contribution is -2.41. The molecule has 0 aliphatic carbocycles. The predicted octanol–water partition coefficient (Wildman–Crippen LogP) is 3.45. The number of likely N-dealkylation sites (tertiary alicyclic amines) is 1. The van der Waals surface area contributed by atoms with Crippen LogP contribution in [0.4, 0.5) is 0 Å². The number of nitrogens with one attached hydrogen (secondary N) is 2. The highest BCUT2D eigenvalue weighted by molar-refractivity contribution is 5.96. The smallest absolute Gasteiger partial charge is 0.122 e. The predicted molar refractivity (Wildman–Crippen MR) is 128 cm³/mol. The van der Waals surface area contributed by atoms with Crippen LogP contribution in [0.2, 0.25) is 0 Å². The molecule has 2 aromatic carbocycles. The van der Waals surface area contributed by atoms with Crippen LogP contribution in [-0.2, 0) is 6.54 Å². The second-order valence-corrected chi connectivity index (χ2v) is 8.68. The van der Waals surface area contributed by atoms with E-state index in [0.29, 0.717) is 18.3 Å². The van der Waals surface area contributed by atoms with Crippen molar-refractivity contribution >= 4 is 11.7 Å². The average molecular weight is 422 g/mol. The summed E-state index contributed by atoms with van der Waals surface area (Å²) in [7, 11) is 0. The molecule has 1 fully saturated rings. The van der Waals surface area contributed by atoms with Crippen LogP contribution < -0.4 is 5.73 Å². The zero-order valence-electron chi connectivity index (χ0n) is 18.7. The molecule has 1 saturated heterocycles. The number of benzene rings is 2. The first-order chi connectivity index (χ1) is 14.9. The number of aliphatic hydroxyl groups is 1. The van der Waals surface area contributed by atoms with Gasteiger partial charge in [-0.05, 0) is 61.4 Å². The molecule has 0 aromatic heterocycles. The standard InChI is InChI=1S/C25H35N5O/c1-18-12-21(14-24(13-18)22-4-3-5-23(15-22)25(27)28)17-29(10-11-31)16-20-6-8-30(9-7-20)19(2)26/h3-5,12-15,20,26,31H,6-11,16-17H2,1-2H3,(H3,27,28). The van der Waals surface area contributed by atoms with Gasteiger partial charge in [0, 0.05) is 38.3 Å². The maximum atomic E-state index is 9.62. The van der Waals surface area contributed by atoms with Crippen molar-refractivity contribution < 1.29 is 5.11 Å². The van der Waals surface area contributed by atoms with Crippen LogP contribution in [0, 0.1) is 23.7 Å². The molecule has 3 rings (SSSR count). The molecule has 0 spiro atoms. The zero-order valence-corrected chi connectivity index (χ0v) is 18.7. The molecule has 5 N–H and O–H groups in total. The highest BCUT2D eigenvalue weighted by Gasteiger charge is 2.22. The molecule has 166 valence electrons. The van der Waals surface area contributed by atoms with Crippen LogP contribution in [0.1, 0.15) is 36.5 Å². The van der Waals surface area contributed by atoms with E-state index in [2.05, 4.69) is 41.0 Å². The van der Waals surface area contributed by atoms with Crippen LogP contribution in [0.3, 0.4) is 0 Å². The average Bonchev–Trinajstić information content (AvgIpc) is 2.74. The third-order valence-electron chi connectivity index (χ3n) is 6.07. The fourth-order valence-electron chi connectivity index (χ4n) is 4.44. The summed E-state index contributed by atoms with van der Waals surface area (Å²) in [5, 5.41) is 25.1. The third-order valence-corrected chi connectivity index (χ3v) is 6.07. The van der Waals surface area contributed by atoms with Crippen molar-refractivity contribution in [3.63, 3.8) is 0 Å². The topological polar surface area (TPSA) is 100 Å². The van der Waals surface area contributed by atoms with Gasteiger partial charge in [0.1, 0.15) is 5.84 Å². The van der Waals surface area contributed by atoms with Gasteiger partial charge in [-0.2, -0.15) is 0 Å². The van der Waals surface area contributed by atoms with Crippen LogP contribution >= 0.6 is 0 Å². The number of hydrogen-bond donors (Lipinski definition) is 4. The normalized spacial score (nSPS) is 14.8. The Hall–Kier alpha value is -2.70. The summed E-state index contributed by atoms with van der Waals surface area (Å²) in [6, 6.07) is 14.4. The molecular weight excluding hydrogens is 386 g/mol. The second-order valence-electron chi connectivity index (χ2n) is 8.68. The SMILES string of the molecule is CC(=N)N1CCC(CN(CCO)Cc2cc(C)cc(-c3cccc(C(=N)N)c3)c2)CC1. The second kappa shape index (κ2) is 10.6. The number of piperidine rings is 1. The van der Waals surface area contributed by atoms with E-state index in [0.717, 1.165) is 55.7 Å². The lowest BCUT2D eigenvalue weighted by Gasteiger charge is -2.35. The Labute approximate surface area is 185 Å². The van der Waals surface area contributed by atoms with E-state index in [-0.39, 0.29) is 12.4 Å². The first-order valence-electron chi connectivity index (χ1n) is 11.0. The lowest BCUT2D eigenvalue weighted by molar-refractivity contribution is 0.144. The van der Waals surface area contributed by atoms with E-state index in [1.807, 2.05) is 25.1 Å². The Morgan fingerprint density at radius 1 is 1.13 bits per heavy atom. The number of hydrogen-bond acceptors (Lipinski definition) is 4. The van der Waals surface area contributed by atoms with E-state index >= 15 is 0 Å². The van der Waals surface area contributed by atoms with Crippen molar-refractivity contribution in [2.75, 3.05) is 32.8 Å². The molecule has 31 heavy (non-hydrogen) atoms. The van der Waals surface area contributed by atoms with Crippen LogP contribution in [0.5, 0.6) is 0 Å². The number of nitrogens with two attached hydrogens (primary N) is 1. The first kappa shape index (κ1) is 23.0. The Morgan fingerprint density at radius 3 is 2.52 bits per heavy atom. The third kappa shape index (κ3) is 6.39. The van der Waals surface area contributed by atoms with E-state index in [1.54, 1.807) is 0 Å². The van der Waals surface area contributed by atoms with Gasteiger partial charge in [0.15, 0.2) is 0 Å². The van der Waals surface area contributed by atoms with Gasteiger partial charge in [-0.1, -0.05) is 35.9 Å². The van der Waals surface area contributed by atoms with Crippen LogP contribution in [-0.4, -0.2) is 59.4 Å². The van der Waals surface area contributed by atoms with Gasteiger partial charge in [0.2, 0.25) is 0 Å². The fourth-order valence-corrected chi connectivity index (χ4v) is 4.44. The molecule has 0 saturated carbocycles. The van der Waals surface area contributed by atoms with Crippen molar-refractivity contribution in [3.8, 4) is 11.1 Å². The molecular formula is C25H35N5O. The Morgan fingerprint density at radius 2 is 1.87 bits per heavy atom. The summed E-state index contributed by atoms with van der Waals surface area (Å²) >= 11 is 0. The van der Waals surface area contributed by atoms with Crippen molar-refractivity contribution in [3.05, 3.63) is 59.2 Å². The summed E-state index contributed by atoms with van der Waals surface area (Å²) in [5.41, 5.74) is 11.0. The Balaban J connectivity index is 1.73. The monoisotopic (exact) mass is 421 g/mol. The summed E-state index contributed by atoms with van der Waals surface area (Å²) in [6.45, 7) is 8.44. The summed E-state index contributed by atoms with van der Waals surface area (Å²) < 4.78 is 0. The lowest BCUT2D eigenvalue weighted by atomic mass is 9.95. The van der Waals surface area contributed by atoms with Crippen molar-refractivity contribution in [1.29, 1.82) is 10.8 Å². The molecule has 1 heterocycles. The maximum Gasteiger partial charge on any atom is 0.122 e. The van der Waals surface area contributed by atoms with E-state index in [4.69, 9.17) is 16.6 Å². The Kier molecular flexibility index (Phi) is 7.82. The fraction of sp³-hybridized carbons (Fsp3) is 0.440. The largest absolute Gasteiger partial charge is 0.395 e. The molecule has 0 bridgehead atoms. The van der Waals surface area contributed by atoms with Gasteiger partial charge < -0.3 is 15.7 Å². The van der Waals surface area contributed by atoms with Gasteiger partial charge in [-0.25, -0.2) is 0 Å². The zero-order chi connectivity index (χ0) is 22.4. The molecule has 6 heteroatoms. The number of nitrogen functional groups attached to an aromatic ring is 1. The van der Waals surface area contributed by atoms with Crippen LogP contribution in [0.15, 0.2) is 42.5 Å². The highest BCUT2D eigenvalue weighted by Crippen LogP contribution is 2.25. The summed E-state index contributed by atoms with van der Waals surface area (Å²) in [5.74, 6) is 1.33. The number of nitrogens with zero attached hydrogens (tertiary/aromatic N) is 2. The van der Waals surface area contributed by atoms with Crippen molar-refractivity contribution in [1.82, 2.24) is 9.80 Å². The van der Waals surface area contributed by atoms with Crippen LogP contribution in [0.25, 0.3) is 11.1 Å². The number of rotatable bonds is 8. The first-order valence-corrected chi connectivity index (χ1v) is 11.0. The van der Waals surface area contributed by atoms with Gasteiger partial charge in [-0.15, -0.1) is 0 Å². The van der Waals surface area contributed by atoms with Gasteiger partial charge in [-0.3, -0.25) is 15.7 Å². The minimum absolute atomic E-state index is 0.0769. The van der Waals surface area contributed by atoms with Crippen molar-refractivity contribution in [2.24, 2.45) is 11.7 Å². The van der Waals surface area contributed by atoms with E-state index < -0.39 is 0 Å². The Bertz CT molecular complexity index is 918. The molecule has 1 aliphatic heterocycles. The summed E-state index contributed by atoms with van der Waals surface area (Å²) in [4.78, 5) is 4.50. The molecule has 0 radical (unpaired) electrons. The van der Waals surface area contributed by atoms with Gasteiger partial charge >= 0.3 is 0 Å². The number of aliphatic hydroxyl groups excluding tert-OH is 1. The molecule has 1 aliphatic rings. The molecule has 2 aromatic rings. The number of aryl methyl sites for hydroxylation is 1. The number of amidine groups is 2. The summed E-state index contributed by atoms with van der Waals surface area (Å²) in [6.07, 6.45) is 2.18. The molecule has 0 atom stereocenters. The molecule has 0 unspecified atom stereocenters. The van der Waals surface area contributed by atoms with E-state index in [9.17, 15) is 5.11 Å². The van der Waals surface area contributed by atoms with E-state index in [1.165, 1.54) is 11.1 Å². The molecule has 0 amide bonds. The maximum absolute atomic E-state index is 9.62. The van der Waals surface area contributed by atoms with Gasteiger partial charge in [0.25, 0.3) is 0 Å². The van der Waals surface area contributed by atoms with Crippen molar-refractivity contribution in [2.45, 2.75) is 33.2 Å². The minimum Gasteiger partial charge on any atom is -0.395 e. The quantitative estimate of drug-likeness (QED) is 0.387. The highest BCUT2D eigenvalue weighted by atomic mass is 16.3. The minimum atomic E-state index is 0.0769.